The van der Waals surface area contributed by atoms with Crippen molar-refractivity contribution in [2.24, 2.45) is 7.05 Å². The number of nitrogens with two attached hydrogens (primary N) is 1. The molecule has 1 heterocycles. The number of carbonyl (C=O) groups is 1. The first kappa shape index (κ1) is 21.0. The lowest BCUT2D eigenvalue weighted by Gasteiger charge is -2.02. The van der Waals surface area contributed by atoms with E-state index in [1.165, 1.54) is 25.6 Å². The average molecular weight is 488 g/mol. The lowest BCUT2D eigenvalue weighted by Crippen LogP contribution is -1.98. The van der Waals surface area contributed by atoms with Crippen LogP contribution < -0.4 is 5.73 Å². The molecule has 0 aliphatic rings. The first-order valence-corrected chi connectivity index (χ1v) is 7.95. The maximum Gasteiger partial charge on any atom is 0.183 e. The van der Waals surface area contributed by atoms with Gasteiger partial charge < -0.3 is 10.5 Å². The number of aryl methyl sites for hydroxylation is 2. The number of Topliss-reactive ketones (excluding diaryl/α,β-unsaturated/α-hetero) is 1. The van der Waals surface area contributed by atoms with E-state index in [1.54, 1.807) is 6.20 Å². The molecule has 1 aromatic carbocycles. The number of benzene rings is 1. The van der Waals surface area contributed by atoms with Gasteiger partial charge in [0.05, 0.1) is 10.2 Å². The third-order valence-electron chi connectivity index (χ3n) is 2.22. The zero-order chi connectivity index (χ0) is 17.4. The second kappa shape index (κ2) is 9.88. The van der Waals surface area contributed by atoms with E-state index in [-0.39, 0.29) is 15.9 Å². The summed E-state index contributed by atoms with van der Waals surface area (Å²) < 4.78 is 27.8. The highest BCUT2D eigenvalue weighted by Crippen LogP contribution is 2.27. The van der Waals surface area contributed by atoms with Gasteiger partial charge in [-0.15, -0.1) is 0 Å². The molecule has 0 saturated carbocycles. The van der Waals surface area contributed by atoms with Crippen LogP contribution in [0.25, 0.3) is 0 Å². The van der Waals surface area contributed by atoms with Crippen LogP contribution in [0.2, 0.25) is 0 Å². The van der Waals surface area contributed by atoms with Gasteiger partial charge in [-0.3, -0.25) is 4.68 Å². The Kier molecular flexibility index (Phi) is 9.42. The quantitative estimate of drug-likeness (QED) is 0.262. The molecule has 0 unspecified atom stereocenters. The summed E-state index contributed by atoms with van der Waals surface area (Å²) in [5.41, 5.74) is 6.26. The van der Waals surface area contributed by atoms with E-state index in [0.717, 1.165) is 0 Å². The second-order valence-electron chi connectivity index (χ2n) is 4.39. The van der Waals surface area contributed by atoms with Crippen molar-refractivity contribution in [3.8, 4) is 0 Å². The number of hydrogen-bond acceptors (Lipinski definition) is 3. The maximum atomic E-state index is 12.7. The zero-order valence-corrected chi connectivity index (χ0v) is 16.4. The fourth-order valence-electron chi connectivity index (χ4n) is 1.02. The molecule has 0 atom stereocenters. The van der Waals surface area contributed by atoms with Gasteiger partial charge >= 0.3 is 0 Å². The Morgan fingerprint density at radius 1 is 1.36 bits per heavy atom. The molecule has 2 rings (SSSR count). The molecule has 22 heavy (non-hydrogen) atoms. The van der Waals surface area contributed by atoms with Crippen LogP contribution in [0.4, 0.5) is 14.5 Å². The van der Waals surface area contributed by atoms with Gasteiger partial charge in [0, 0.05) is 22.5 Å². The molecule has 0 radical (unpaired) electrons. The van der Waals surface area contributed by atoms with E-state index >= 15 is 0 Å². The van der Waals surface area contributed by atoms with Crippen molar-refractivity contribution in [3.05, 3.63) is 43.7 Å². The molecule has 0 aliphatic heterocycles. The van der Waals surface area contributed by atoms with Gasteiger partial charge in [-0.2, -0.15) is 5.10 Å². The number of anilines is 1. The lowest BCUT2D eigenvalue weighted by atomic mass is 10.3. The molecule has 0 fully saturated rings. The molecule has 2 N–H and O–H groups in total. The van der Waals surface area contributed by atoms with Crippen molar-refractivity contribution < 1.29 is 13.6 Å². The van der Waals surface area contributed by atoms with Gasteiger partial charge in [0.15, 0.2) is 11.6 Å². The highest BCUT2D eigenvalue weighted by molar-refractivity contribution is 14.1. The molecular weight excluding hydrogens is 471 g/mol. The Bertz CT molecular complexity index is 601. The summed E-state index contributed by atoms with van der Waals surface area (Å²) in [6.45, 7) is 5.08. The Morgan fingerprint density at radius 2 is 1.86 bits per heavy atom. The topological polar surface area (TPSA) is 60.9 Å². The smallest absolute Gasteiger partial charge is 0.183 e. The highest BCUT2D eigenvalue weighted by atomic mass is 127. The van der Waals surface area contributed by atoms with Crippen LogP contribution in [0.1, 0.15) is 19.5 Å². The summed E-state index contributed by atoms with van der Waals surface area (Å²) in [6, 6.07) is 3.40. The molecule has 0 amide bonds. The summed E-state index contributed by atoms with van der Waals surface area (Å²) in [4.78, 5) is 9.44. The van der Waals surface area contributed by atoms with Gasteiger partial charge in [-0.1, -0.05) is 0 Å². The summed E-state index contributed by atoms with van der Waals surface area (Å²) in [7, 11) is 1.93. The van der Waals surface area contributed by atoms with Crippen LogP contribution in [0.15, 0.2) is 22.8 Å². The molecule has 0 aliphatic carbocycles. The number of hydrogen-bond donors (Lipinski definition) is 1. The van der Waals surface area contributed by atoms with Crippen molar-refractivity contribution in [2.75, 3.05) is 5.73 Å². The first-order valence-electron chi connectivity index (χ1n) is 6.08. The number of nitrogen functional groups attached to an aromatic ring is 1. The number of halogens is 4. The van der Waals surface area contributed by atoms with E-state index in [1.807, 2.05) is 47.3 Å². The van der Waals surface area contributed by atoms with Gasteiger partial charge in [-0.25, -0.2) is 8.78 Å². The van der Waals surface area contributed by atoms with E-state index < -0.39 is 11.6 Å². The molecule has 1 aromatic heterocycles. The van der Waals surface area contributed by atoms with E-state index in [2.05, 4.69) is 21.0 Å². The molecule has 122 valence electrons. The third kappa shape index (κ3) is 7.30. The summed E-state index contributed by atoms with van der Waals surface area (Å²) in [5.74, 6) is -1.77. The SMILES string of the molecule is CC(C)=O.Cc1ccnn1C.Nc1c(I)cc(Br)c(F)c1F. The lowest BCUT2D eigenvalue weighted by molar-refractivity contribution is -0.114. The van der Waals surface area contributed by atoms with E-state index in [4.69, 9.17) is 5.73 Å². The summed E-state index contributed by atoms with van der Waals surface area (Å²) in [6.07, 6.45) is 1.79. The van der Waals surface area contributed by atoms with E-state index in [9.17, 15) is 13.6 Å². The standard InChI is InChI=1S/C6H3BrF2IN.C5H8N2.C3H6O/c7-2-1-3(10)6(11)5(9)4(2)8;1-5-3-4-6-7(5)2;1-3(2)4/h1H,11H2;3-4H,1-2H3;1-2H3. The van der Waals surface area contributed by atoms with Gasteiger partial charge in [-0.05, 0) is 71.4 Å². The molecule has 0 bridgehead atoms. The number of nitrogens with zero attached hydrogens (tertiary/aromatic N) is 2. The molecule has 2 aromatic rings. The van der Waals surface area contributed by atoms with Crippen LogP contribution in [0.5, 0.6) is 0 Å². The zero-order valence-electron chi connectivity index (χ0n) is 12.6. The summed E-state index contributed by atoms with van der Waals surface area (Å²) >= 11 is 4.69. The first-order chi connectivity index (χ1) is 10.1. The fourth-order valence-corrected chi connectivity index (χ4v) is 2.40. The van der Waals surface area contributed by atoms with Crippen molar-refractivity contribution >= 4 is 50.0 Å². The third-order valence-corrected chi connectivity index (χ3v) is 3.69. The van der Waals surface area contributed by atoms with Crippen molar-refractivity contribution in [3.63, 3.8) is 0 Å². The van der Waals surface area contributed by atoms with Gasteiger partial charge in [0.2, 0.25) is 0 Å². The monoisotopic (exact) mass is 487 g/mol. The number of rotatable bonds is 0. The molecule has 8 heteroatoms. The second-order valence-corrected chi connectivity index (χ2v) is 6.40. The predicted molar refractivity (Wildman–Crippen MR) is 95.5 cm³/mol. The summed E-state index contributed by atoms with van der Waals surface area (Å²) in [5, 5.41) is 3.93. The Balaban J connectivity index is 0.000000343. The molecule has 0 saturated heterocycles. The van der Waals surface area contributed by atoms with Gasteiger partial charge in [0.1, 0.15) is 5.78 Å². The van der Waals surface area contributed by atoms with Crippen molar-refractivity contribution in [2.45, 2.75) is 20.8 Å². The molecule has 0 spiro atoms. The average Bonchev–Trinajstić information content (AvgIpc) is 2.78. The van der Waals surface area contributed by atoms with Crippen LogP contribution in [0.3, 0.4) is 0 Å². The van der Waals surface area contributed by atoms with Crippen LogP contribution >= 0.6 is 38.5 Å². The van der Waals surface area contributed by atoms with Crippen molar-refractivity contribution in [1.82, 2.24) is 9.78 Å². The minimum atomic E-state index is -0.997. The number of carbonyl (C=O) groups excluding carboxylic acids is 1. The van der Waals surface area contributed by atoms with Crippen LogP contribution in [0, 0.1) is 22.1 Å². The largest absolute Gasteiger partial charge is 0.395 e. The highest BCUT2D eigenvalue weighted by Gasteiger charge is 2.12. The number of aromatic nitrogens is 2. The van der Waals surface area contributed by atoms with Gasteiger partial charge in [0.25, 0.3) is 0 Å². The molecular formula is C14H17BrF2IN3O. The van der Waals surface area contributed by atoms with E-state index in [0.29, 0.717) is 3.57 Å². The van der Waals surface area contributed by atoms with Crippen LogP contribution in [-0.4, -0.2) is 15.6 Å². The normalized spacial score (nSPS) is 9.27. The fraction of sp³-hybridized carbons (Fsp3) is 0.286. The minimum Gasteiger partial charge on any atom is -0.395 e. The maximum absolute atomic E-state index is 12.7. The molecule has 4 nitrogen and oxygen atoms in total. The Morgan fingerprint density at radius 3 is 2.18 bits per heavy atom. The van der Waals surface area contributed by atoms with Crippen molar-refractivity contribution in [1.29, 1.82) is 0 Å². The minimum absolute atomic E-state index is 0.0913. The number of ketones is 1. The van der Waals surface area contributed by atoms with Crippen LogP contribution in [-0.2, 0) is 11.8 Å². The predicted octanol–water partition coefficient (Wildman–Crippen LogP) is 4.24. The Labute approximate surface area is 150 Å². The Hall–Kier alpha value is -1.03.